The number of rotatable bonds is 10. The number of carbonyl (C=O) groups excluding carboxylic acids is 2. The predicted octanol–water partition coefficient (Wildman–Crippen LogP) is 0.0632. The van der Waals surface area contributed by atoms with Gasteiger partial charge in [0.15, 0.2) is 6.23 Å². The summed E-state index contributed by atoms with van der Waals surface area (Å²) in [5, 5.41) is 32.7. The van der Waals surface area contributed by atoms with Gasteiger partial charge < -0.3 is 29.6 Å². The van der Waals surface area contributed by atoms with Crippen molar-refractivity contribution in [1.29, 1.82) is 0 Å². The number of nitrogens with one attached hydrogen (secondary N) is 1. The molecule has 1 aromatic carbocycles. The summed E-state index contributed by atoms with van der Waals surface area (Å²) in [7, 11) is 0. The first-order chi connectivity index (χ1) is 17.2. The van der Waals surface area contributed by atoms with Gasteiger partial charge in [0.25, 0.3) is 5.56 Å². The molecule has 36 heavy (non-hydrogen) atoms. The lowest BCUT2D eigenvalue weighted by Crippen LogP contribution is -2.37. The molecule has 2 heterocycles. The predicted molar refractivity (Wildman–Crippen MR) is 123 cm³/mol. The number of aromatic amines is 1. The van der Waals surface area contributed by atoms with E-state index in [0.29, 0.717) is 17.7 Å². The number of carbonyl (C=O) groups is 2. The zero-order valence-electron chi connectivity index (χ0n) is 19.4. The fraction of sp³-hybridized carbons (Fsp3) is 0.435. The van der Waals surface area contributed by atoms with E-state index in [9.17, 15) is 29.4 Å². The number of aromatic nitrogens is 2. The van der Waals surface area contributed by atoms with Crippen LogP contribution in [0, 0.1) is 0 Å². The Balaban J connectivity index is 1.45. The molecule has 13 nitrogen and oxygen atoms in total. The Morgan fingerprint density at radius 1 is 1.06 bits per heavy atom. The number of esters is 2. The molecule has 1 aliphatic heterocycles. The summed E-state index contributed by atoms with van der Waals surface area (Å²) in [4.78, 5) is 49.2. The number of ether oxygens (including phenoxy) is 3. The van der Waals surface area contributed by atoms with Crippen molar-refractivity contribution in [3.8, 4) is 5.75 Å². The number of nitrogens with zero attached hydrogens (tertiary/aromatic N) is 2. The zero-order valence-corrected chi connectivity index (χ0v) is 19.4. The van der Waals surface area contributed by atoms with Gasteiger partial charge in [-0.25, -0.2) is 4.79 Å². The second-order valence-electron chi connectivity index (χ2n) is 8.04. The summed E-state index contributed by atoms with van der Waals surface area (Å²) in [6.45, 7) is 1.52. The third-order valence-corrected chi connectivity index (χ3v) is 5.43. The SMILES string of the molecule is CCC/C(=N\O)c1ccc(OC(=O)CCC(=O)OC[C@H]2OC(n3ccc(=O)[nH]c3=O)[C@H](O)[C@@H]2O)cc1. The molecule has 13 heteroatoms. The van der Waals surface area contributed by atoms with Crippen LogP contribution in [0.25, 0.3) is 0 Å². The molecule has 4 atom stereocenters. The van der Waals surface area contributed by atoms with Crippen molar-refractivity contribution in [3.05, 3.63) is 62.9 Å². The van der Waals surface area contributed by atoms with Gasteiger partial charge >= 0.3 is 17.6 Å². The van der Waals surface area contributed by atoms with Gasteiger partial charge in [-0.1, -0.05) is 18.5 Å². The first-order valence-electron chi connectivity index (χ1n) is 11.2. The van der Waals surface area contributed by atoms with Crippen LogP contribution < -0.4 is 16.0 Å². The van der Waals surface area contributed by atoms with Crippen LogP contribution in [-0.4, -0.2) is 67.5 Å². The summed E-state index contributed by atoms with van der Waals surface area (Å²) in [6.07, 6.45) is -3.49. The molecule has 1 aromatic heterocycles. The molecule has 3 rings (SSSR count). The topological polar surface area (TPSA) is 190 Å². The van der Waals surface area contributed by atoms with Gasteiger partial charge in [-0.15, -0.1) is 0 Å². The minimum atomic E-state index is -1.51. The van der Waals surface area contributed by atoms with Crippen LogP contribution in [0.4, 0.5) is 0 Å². The van der Waals surface area contributed by atoms with Gasteiger partial charge in [-0.05, 0) is 36.2 Å². The van der Waals surface area contributed by atoms with E-state index >= 15 is 0 Å². The molecule has 1 fully saturated rings. The zero-order chi connectivity index (χ0) is 26.2. The Labute approximate surface area is 204 Å². The monoisotopic (exact) mass is 505 g/mol. The molecule has 0 radical (unpaired) electrons. The summed E-state index contributed by atoms with van der Waals surface area (Å²) in [5.74, 6) is -1.18. The van der Waals surface area contributed by atoms with E-state index in [1.807, 2.05) is 11.9 Å². The smallest absolute Gasteiger partial charge is 0.330 e. The highest BCUT2D eigenvalue weighted by atomic mass is 16.6. The third-order valence-electron chi connectivity index (χ3n) is 5.43. The molecule has 0 bridgehead atoms. The van der Waals surface area contributed by atoms with Gasteiger partial charge in [0.05, 0.1) is 18.6 Å². The Hall–Kier alpha value is -3.81. The van der Waals surface area contributed by atoms with E-state index in [0.717, 1.165) is 23.3 Å². The Bertz CT molecular complexity index is 1200. The minimum Gasteiger partial charge on any atom is -0.463 e. The molecule has 1 aliphatic rings. The molecule has 0 saturated carbocycles. The van der Waals surface area contributed by atoms with E-state index in [1.165, 1.54) is 0 Å². The average molecular weight is 505 g/mol. The molecule has 4 N–H and O–H groups in total. The molecule has 0 amide bonds. The Morgan fingerprint density at radius 3 is 2.39 bits per heavy atom. The normalized spacial score (nSPS) is 21.8. The van der Waals surface area contributed by atoms with Crippen LogP contribution in [0.1, 0.15) is 44.4 Å². The highest BCUT2D eigenvalue weighted by Gasteiger charge is 2.44. The van der Waals surface area contributed by atoms with Gasteiger partial charge in [0.2, 0.25) is 0 Å². The number of hydrogen-bond donors (Lipinski definition) is 4. The second kappa shape index (κ2) is 12.2. The van der Waals surface area contributed by atoms with E-state index in [1.54, 1.807) is 24.3 Å². The van der Waals surface area contributed by atoms with Crippen molar-refractivity contribution in [2.45, 2.75) is 57.1 Å². The number of aliphatic hydroxyl groups is 2. The van der Waals surface area contributed by atoms with Crippen molar-refractivity contribution >= 4 is 17.7 Å². The van der Waals surface area contributed by atoms with Gasteiger partial charge in [-0.3, -0.25) is 23.9 Å². The van der Waals surface area contributed by atoms with E-state index < -0.39 is 54.3 Å². The number of H-pyrrole nitrogens is 1. The third kappa shape index (κ3) is 6.65. The van der Waals surface area contributed by atoms with E-state index in [2.05, 4.69) is 5.16 Å². The number of oxime groups is 1. The second-order valence-corrected chi connectivity index (χ2v) is 8.04. The van der Waals surface area contributed by atoms with Crippen molar-refractivity contribution in [2.24, 2.45) is 5.16 Å². The van der Waals surface area contributed by atoms with Crippen LogP contribution in [0.3, 0.4) is 0 Å². The largest absolute Gasteiger partial charge is 0.463 e. The maximum Gasteiger partial charge on any atom is 0.330 e. The summed E-state index contributed by atoms with van der Waals surface area (Å²) in [6, 6.07) is 7.44. The molecule has 0 spiro atoms. The number of benzene rings is 1. The quantitative estimate of drug-likeness (QED) is 0.113. The number of hydrogen-bond acceptors (Lipinski definition) is 11. The van der Waals surface area contributed by atoms with Gasteiger partial charge in [0.1, 0.15) is 30.7 Å². The highest BCUT2D eigenvalue weighted by Crippen LogP contribution is 2.28. The maximum absolute atomic E-state index is 12.1. The van der Waals surface area contributed by atoms with Crippen LogP contribution in [0.5, 0.6) is 5.75 Å². The first kappa shape index (κ1) is 26.8. The maximum atomic E-state index is 12.1. The van der Waals surface area contributed by atoms with Crippen LogP contribution >= 0.6 is 0 Å². The molecule has 0 aliphatic carbocycles. The average Bonchev–Trinajstić information content (AvgIpc) is 3.14. The fourth-order valence-electron chi connectivity index (χ4n) is 3.56. The lowest BCUT2D eigenvalue weighted by atomic mass is 10.1. The Kier molecular flexibility index (Phi) is 9.11. The summed E-state index contributed by atoms with van der Waals surface area (Å²) < 4.78 is 16.6. The minimum absolute atomic E-state index is 0.255. The summed E-state index contributed by atoms with van der Waals surface area (Å²) >= 11 is 0. The van der Waals surface area contributed by atoms with Crippen LogP contribution in [0.15, 0.2) is 51.3 Å². The van der Waals surface area contributed by atoms with Crippen LogP contribution in [0.2, 0.25) is 0 Å². The lowest BCUT2D eigenvalue weighted by Gasteiger charge is -2.16. The highest BCUT2D eigenvalue weighted by molar-refractivity contribution is 6.00. The van der Waals surface area contributed by atoms with Gasteiger partial charge in [0, 0.05) is 12.3 Å². The number of aliphatic hydroxyl groups excluding tert-OH is 2. The van der Waals surface area contributed by atoms with Crippen molar-refractivity contribution in [2.75, 3.05) is 6.61 Å². The first-order valence-corrected chi connectivity index (χ1v) is 11.2. The summed E-state index contributed by atoms with van der Waals surface area (Å²) in [5.41, 5.74) is -0.272. The van der Waals surface area contributed by atoms with Crippen LogP contribution in [-0.2, 0) is 19.1 Å². The molecule has 194 valence electrons. The van der Waals surface area contributed by atoms with Crippen molar-refractivity contribution < 1.29 is 39.2 Å². The molecular weight excluding hydrogens is 478 g/mol. The van der Waals surface area contributed by atoms with Crippen molar-refractivity contribution in [3.63, 3.8) is 0 Å². The van der Waals surface area contributed by atoms with Crippen molar-refractivity contribution in [1.82, 2.24) is 9.55 Å². The fourth-order valence-corrected chi connectivity index (χ4v) is 3.56. The van der Waals surface area contributed by atoms with E-state index in [-0.39, 0.29) is 18.6 Å². The Morgan fingerprint density at radius 2 is 1.75 bits per heavy atom. The standard InChI is InChI=1S/C23H27N3O10/c1-2-3-15(25-33)13-4-6-14(7-5-13)35-19(29)9-8-18(28)34-12-16-20(30)21(31)22(36-16)26-11-10-17(27)24-23(26)32/h4-7,10-11,16,20-22,30-31,33H,2-3,8-9,12H2,1H3,(H,24,27,32)/b25-15+/t16-,20-,21-,22?/m1/s1. The molecule has 1 saturated heterocycles. The van der Waals surface area contributed by atoms with Gasteiger partial charge in [-0.2, -0.15) is 0 Å². The molecule has 2 aromatic rings. The lowest BCUT2D eigenvalue weighted by molar-refractivity contribution is -0.152. The van der Waals surface area contributed by atoms with E-state index in [4.69, 9.17) is 19.4 Å². The molecule has 1 unspecified atom stereocenters. The molecular formula is C23H27N3O10.